The molecule has 0 amide bonds. The molecule has 0 N–H and O–H groups in total. The molecule has 0 aromatic carbocycles. The third-order valence-corrected chi connectivity index (χ3v) is 2.85. The van der Waals surface area contributed by atoms with Gasteiger partial charge in [0.2, 0.25) is 0 Å². The lowest BCUT2D eigenvalue weighted by Crippen LogP contribution is -2.00. The molecule has 1 aromatic rings. The van der Waals surface area contributed by atoms with Crippen LogP contribution in [0.4, 0.5) is 0 Å². The van der Waals surface area contributed by atoms with Gasteiger partial charge in [0.25, 0.3) is 0 Å². The van der Waals surface area contributed by atoms with Crippen molar-refractivity contribution in [2.24, 2.45) is 0 Å². The fourth-order valence-corrected chi connectivity index (χ4v) is 1.71. The number of hydrogen-bond acceptors (Lipinski definition) is 5. The Morgan fingerprint density at radius 2 is 2.57 bits per heavy atom. The summed E-state index contributed by atoms with van der Waals surface area (Å²) < 4.78 is 5.00. The van der Waals surface area contributed by atoms with Crippen molar-refractivity contribution in [1.82, 2.24) is 4.98 Å². The summed E-state index contributed by atoms with van der Waals surface area (Å²) >= 11 is 2.96. The zero-order chi connectivity index (χ0) is 10.4. The van der Waals surface area contributed by atoms with E-state index in [1.807, 2.05) is 13.2 Å². The average molecular weight is 229 g/mol. The van der Waals surface area contributed by atoms with Gasteiger partial charge in [0.1, 0.15) is 6.61 Å². The molecule has 1 heterocycles. The largest absolute Gasteiger partial charge is 0.457 e. The molecule has 0 saturated heterocycles. The Kier molecular flexibility index (Phi) is 4.69. The maximum absolute atomic E-state index is 11.1. The Hall–Kier alpha value is -0.810. The molecule has 0 bridgehead atoms. The summed E-state index contributed by atoms with van der Waals surface area (Å²) in [4.78, 5) is 16.1. The number of thiazole rings is 1. The molecule has 0 aliphatic carbocycles. The maximum Gasteiger partial charge on any atom is 0.331 e. The van der Waals surface area contributed by atoms with E-state index in [0.29, 0.717) is 6.61 Å². The van der Waals surface area contributed by atoms with E-state index in [-0.39, 0.29) is 5.97 Å². The third-order valence-electron chi connectivity index (χ3n) is 1.53. The van der Waals surface area contributed by atoms with Crippen LogP contribution < -0.4 is 0 Å². The standard InChI is InChI=1S/C9H11NO2S2/c1-7-8(14-6-10-7)5-12-9(11)3-4-13-2/h3-4,6H,5H2,1-2H3. The Bertz CT molecular complexity index is 333. The third kappa shape index (κ3) is 3.51. The van der Waals surface area contributed by atoms with Gasteiger partial charge in [-0.05, 0) is 18.6 Å². The number of hydrogen-bond donors (Lipinski definition) is 0. The summed E-state index contributed by atoms with van der Waals surface area (Å²) in [7, 11) is 0. The van der Waals surface area contributed by atoms with Crippen LogP contribution in [0.25, 0.3) is 0 Å². The van der Waals surface area contributed by atoms with Gasteiger partial charge in [0.05, 0.1) is 16.1 Å². The van der Waals surface area contributed by atoms with Gasteiger partial charge >= 0.3 is 5.97 Å². The molecule has 1 rings (SSSR count). The molecule has 14 heavy (non-hydrogen) atoms. The SMILES string of the molecule is CSC=CC(=O)OCc1scnc1C. The van der Waals surface area contributed by atoms with Crippen LogP contribution in [0.15, 0.2) is 17.0 Å². The molecule has 76 valence electrons. The molecule has 3 nitrogen and oxygen atoms in total. The molecule has 0 saturated carbocycles. The minimum Gasteiger partial charge on any atom is -0.457 e. The van der Waals surface area contributed by atoms with E-state index >= 15 is 0 Å². The Morgan fingerprint density at radius 1 is 1.79 bits per heavy atom. The van der Waals surface area contributed by atoms with E-state index < -0.39 is 0 Å². The quantitative estimate of drug-likeness (QED) is 0.587. The molecular weight excluding hydrogens is 218 g/mol. The molecule has 0 unspecified atom stereocenters. The number of nitrogens with zero attached hydrogens (tertiary/aromatic N) is 1. The zero-order valence-corrected chi connectivity index (χ0v) is 9.65. The van der Waals surface area contributed by atoms with Crippen molar-refractivity contribution in [3.63, 3.8) is 0 Å². The van der Waals surface area contributed by atoms with Crippen molar-refractivity contribution in [2.75, 3.05) is 6.26 Å². The van der Waals surface area contributed by atoms with Gasteiger partial charge in [-0.3, -0.25) is 0 Å². The van der Waals surface area contributed by atoms with E-state index in [0.717, 1.165) is 10.6 Å². The highest BCUT2D eigenvalue weighted by molar-refractivity contribution is 8.01. The number of carbonyl (C=O) groups excluding carboxylic acids is 1. The first-order valence-electron chi connectivity index (χ1n) is 3.99. The number of aromatic nitrogens is 1. The highest BCUT2D eigenvalue weighted by atomic mass is 32.2. The van der Waals surface area contributed by atoms with Crippen LogP contribution >= 0.6 is 23.1 Å². The molecule has 0 aliphatic rings. The summed E-state index contributed by atoms with van der Waals surface area (Å²) in [6.07, 6.45) is 3.30. The van der Waals surface area contributed by atoms with E-state index in [1.165, 1.54) is 29.2 Å². The number of ether oxygens (including phenoxy) is 1. The average Bonchev–Trinajstić information content (AvgIpc) is 2.58. The van der Waals surface area contributed by atoms with Crippen LogP contribution in [0.2, 0.25) is 0 Å². The van der Waals surface area contributed by atoms with Crippen LogP contribution in [0.3, 0.4) is 0 Å². The molecule has 0 fully saturated rings. The molecule has 0 atom stereocenters. The predicted molar refractivity (Wildman–Crippen MR) is 59.3 cm³/mol. The van der Waals surface area contributed by atoms with Crippen LogP contribution in [-0.2, 0) is 16.1 Å². The monoisotopic (exact) mass is 229 g/mol. The first-order valence-corrected chi connectivity index (χ1v) is 6.16. The second-order valence-corrected chi connectivity index (χ2v) is 4.19. The van der Waals surface area contributed by atoms with Crippen molar-refractivity contribution in [3.8, 4) is 0 Å². The fourth-order valence-electron chi connectivity index (χ4n) is 0.773. The minimum atomic E-state index is -0.313. The highest BCUT2D eigenvalue weighted by Crippen LogP contribution is 2.13. The lowest BCUT2D eigenvalue weighted by molar-refractivity contribution is -0.138. The van der Waals surface area contributed by atoms with E-state index in [9.17, 15) is 4.79 Å². The smallest absolute Gasteiger partial charge is 0.331 e. The Balaban J connectivity index is 2.38. The van der Waals surface area contributed by atoms with Gasteiger partial charge in [0.15, 0.2) is 0 Å². The normalized spacial score (nSPS) is 10.7. The van der Waals surface area contributed by atoms with Crippen molar-refractivity contribution >= 4 is 29.1 Å². The topological polar surface area (TPSA) is 39.2 Å². The van der Waals surface area contributed by atoms with Gasteiger partial charge in [-0.1, -0.05) is 0 Å². The van der Waals surface area contributed by atoms with E-state index in [4.69, 9.17) is 4.74 Å². The van der Waals surface area contributed by atoms with Gasteiger partial charge < -0.3 is 4.74 Å². The van der Waals surface area contributed by atoms with Crippen molar-refractivity contribution in [2.45, 2.75) is 13.5 Å². The first-order chi connectivity index (χ1) is 6.74. The van der Waals surface area contributed by atoms with Gasteiger partial charge in [-0.2, -0.15) is 0 Å². The number of carbonyl (C=O) groups is 1. The second kappa shape index (κ2) is 5.82. The van der Waals surface area contributed by atoms with Crippen LogP contribution in [0.1, 0.15) is 10.6 Å². The Morgan fingerprint density at radius 3 is 3.14 bits per heavy atom. The molecular formula is C9H11NO2S2. The summed E-state index contributed by atoms with van der Waals surface area (Å²) in [5.41, 5.74) is 2.67. The summed E-state index contributed by atoms with van der Waals surface area (Å²) in [6.45, 7) is 2.21. The van der Waals surface area contributed by atoms with Gasteiger partial charge in [-0.15, -0.1) is 23.1 Å². The lowest BCUT2D eigenvalue weighted by atomic mass is 10.4. The number of rotatable bonds is 4. The summed E-state index contributed by atoms with van der Waals surface area (Å²) in [6, 6.07) is 0. The predicted octanol–water partition coefficient (Wildman–Crippen LogP) is 2.37. The van der Waals surface area contributed by atoms with Crippen LogP contribution in [-0.4, -0.2) is 17.2 Å². The number of aryl methyl sites for hydroxylation is 1. The number of esters is 1. The second-order valence-electron chi connectivity index (χ2n) is 2.51. The molecule has 1 aromatic heterocycles. The minimum absolute atomic E-state index is 0.313. The first kappa shape index (κ1) is 11.3. The summed E-state index contributed by atoms with van der Waals surface area (Å²) in [5, 5.41) is 1.70. The van der Waals surface area contributed by atoms with Crippen LogP contribution in [0, 0.1) is 6.92 Å². The van der Waals surface area contributed by atoms with Crippen molar-refractivity contribution in [1.29, 1.82) is 0 Å². The molecule has 0 aliphatic heterocycles. The highest BCUT2D eigenvalue weighted by Gasteiger charge is 2.03. The summed E-state index contributed by atoms with van der Waals surface area (Å²) in [5.74, 6) is -0.313. The van der Waals surface area contributed by atoms with Gasteiger partial charge in [0, 0.05) is 6.08 Å². The molecule has 5 heteroatoms. The van der Waals surface area contributed by atoms with Crippen molar-refractivity contribution in [3.05, 3.63) is 27.6 Å². The van der Waals surface area contributed by atoms with Crippen molar-refractivity contribution < 1.29 is 9.53 Å². The maximum atomic E-state index is 11.1. The number of thioether (sulfide) groups is 1. The van der Waals surface area contributed by atoms with E-state index in [1.54, 1.807) is 10.9 Å². The fraction of sp³-hybridized carbons (Fsp3) is 0.333. The van der Waals surface area contributed by atoms with E-state index in [2.05, 4.69) is 4.98 Å². The molecule has 0 radical (unpaired) electrons. The lowest BCUT2D eigenvalue weighted by Gasteiger charge is -1.99. The zero-order valence-electron chi connectivity index (χ0n) is 8.02. The van der Waals surface area contributed by atoms with Crippen LogP contribution in [0.5, 0.6) is 0 Å². The molecule has 0 spiro atoms. The van der Waals surface area contributed by atoms with Gasteiger partial charge in [-0.25, -0.2) is 9.78 Å². The Labute approximate surface area is 91.2 Å².